The maximum atomic E-state index is 9.77. The van der Waals surface area contributed by atoms with Crippen molar-refractivity contribution in [1.29, 1.82) is 0 Å². The summed E-state index contributed by atoms with van der Waals surface area (Å²) in [6.07, 6.45) is 3.24. The van der Waals surface area contributed by atoms with E-state index in [4.69, 9.17) is 0 Å². The number of H-pyrrole nitrogens is 1. The maximum Gasteiger partial charge on any atom is 0.194 e. The molecule has 0 fully saturated rings. The Hall–Kier alpha value is -3.86. The highest BCUT2D eigenvalue weighted by Crippen LogP contribution is 2.37. The van der Waals surface area contributed by atoms with Gasteiger partial charge in [-0.2, -0.15) is 0 Å². The minimum absolute atomic E-state index is 0.276. The minimum Gasteiger partial charge on any atom is -0.409 e. The number of nitrogens with one attached hydrogen (secondary N) is 2. The van der Waals surface area contributed by atoms with Gasteiger partial charge in [-0.15, -0.1) is 0 Å². The Morgan fingerprint density at radius 3 is 1.61 bits per heavy atom. The summed E-state index contributed by atoms with van der Waals surface area (Å²) in [5.74, 6) is 0.276. The summed E-state index contributed by atoms with van der Waals surface area (Å²) in [5, 5.41) is 16.8. The summed E-state index contributed by atoms with van der Waals surface area (Å²) in [6, 6.07) is 30.3. The molecule has 0 saturated carbocycles. The van der Waals surface area contributed by atoms with Crippen LogP contribution in [0.4, 0.5) is 0 Å². The SMILES string of the molecule is O/N=C(\NC(c1ccccc1)(c1ccccc1)c1ccccc1)c1c[nH]cn1. The molecule has 4 aromatic rings. The summed E-state index contributed by atoms with van der Waals surface area (Å²) >= 11 is 0. The van der Waals surface area contributed by atoms with E-state index in [-0.39, 0.29) is 5.84 Å². The van der Waals surface area contributed by atoms with Crippen LogP contribution < -0.4 is 5.32 Å². The van der Waals surface area contributed by atoms with E-state index >= 15 is 0 Å². The molecule has 4 rings (SSSR count). The van der Waals surface area contributed by atoms with Gasteiger partial charge in [-0.3, -0.25) is 0 Å². The van der Waals surface area contributed by atoms with Gasteiger partial charge < -0.3 is 15.5 Å². The first-order valence-electron chi connectivity index (χ1n) is 9.00. The molecule has 0 spiro atoms. The molecule has 0 amide bonds. The van der Waals surface area contributed by atoms with Crippen LogP contribution in [0.5, 0.6) is 0 Å². The van der Waals surface area contributed by atoms with Gasteiger partial charge in [0.2, 0.25) is 0 Å². The van der Waals surface area contributed by atoms with Gasteiger partial charge in [-0.25, -0.2) is 4.98 Å². The Bertz CT molecular complexity index is 933. The van der Waals surface area contributed by atoms with E-state index < -0.39 is 5.54 Å². The van der Waals surface area contributed by atoms with Crippen molar-refractivity contribution in [2.45, 2.75) is 5.54 Å². The first kappa shape index (κ1) is 17.5. The Morgan fingerprint density at radius 1 is 0.786 bits per heavy atom. The molecule has 0 saturated heterocycles. The van der Waals surface area contributed by atoms with Gasteiger partial charge in [0.15, 0.2) is 5.84 Å². The molecule has 1 aromatic heterocycles. The molecule has 0 unspecified atom stereocenters. The normalized spacial score (nSPS) is 11.9. The Labute approximate surface area is 163 Å². The fourth-order valence-electron chi connectivity index (χ4n) is 3.49. The molecule has 28 heavy (non-hydrogen) atoms. The molecule has 5 heteroatoms. The summed E-state index contributed by atoms with van der Waals surface area (Å²) in [5.41, 5.74) is 2.80. The second kappa shape index (κ2) is 7.80. The second-order valence-electron chi connectivity index (χ2n) is 6.38. The van der Waals surface area contributed by atoms with Crippen LogP contribution in [0.1, 0.15) is 22.4 Å². The number of rotatable bonds is 5. The fraction of sp³-hybridized carbons (Fsp3) is 0.0435. The van der Waals surface area contributed by atoms with Gasteiger partial charge in [0.05, 0.1) is 6.33 Å². The van der Waals surface area contributed by atoms with Gasteiger partial charge in [-0.05, 0) is 16.7 Å². The Kier molecular flexibility index (Phi) is 4.89. The van der Waals surface area contributed by atoms with Gasteiger partial charge >= 0.3 is 0 Å². The molecule has 0 aliphatic rings. The quantitative estimate of drug-likeness (QED) is 0.163. The van der Waals surface area contributed by atoms with Crippen LogP contribution in [-0.4, -0.2) is 21.0 Å². The largest absolute Gasteiger partial charge is 0.409 e. The van der Waals surface area contributed by atoms with Crippen LogP contribution in [0.25, 0.3) is 0 Å². The van der Waals surface area contributed by atoms with Crippen molar-refractivity contribution in [3.05, 3.63) is 126 Å². The predicted molar refractivity (Wildman–Crippen MR) is 109 cm³/mol. The van der Waals surface area contributed by atoms with Gasteiger partial charge in [0.25, 0.3) is 0 Å². The third kappa shape index (κ3) is 3.14. The second-order valence-corrected chi connectivity index (χ2v) is 6.38. The molecule has 138 valence electrons. The monoisotopic (exact) mass is 368 g/mol. The molecule has 3 N–H and O–H groups in total. The molecular weight excluding hydrogens is 348 g/mol. The van der Waals surface area contributed by atoms with Crippen LogP contribution in [0.15, 0.2) is 109 Å². The van der Waals surface area contributed by atoms with E-state index in [9.17, 15) is 5.21 Å². The molecule has 0 atom stereocenters. The highest BCUT2D eigenvalue weighted by Gasteiger charge is 2.37. The summed E-state index contributed by atoms with van der Waals surface area (Å²) < 4.78 is 0. The molecule has 0 bridgehead atoms. The van der Waals surface area contributed by atoms with Gasteiger partial charge in [0.1, 0.15) is 11.2 Å². The van der Waals surface area contributed by atoms with E-state index in [2.05, 4.69) is 56.8 Å². The molecule has 0 radical (unpaired) electrons. The summed E-state index contributed by atoms with van der Waals surface area (Å²) in [7, 11) is 0. The van der Waals surface area contributed by atoms with Crippen LogP contribution in [0.3, 0.4) is 0 Å². The van der Waals surface area contributed by atoms with Crippen LogP contribution >= 0.6 is 0 Å². The lowest BCUT2D eigenvalue weighted by Crippen LogP contribution is -2.48. The predicted octanol–water partition coefficient (Wildman–Crippen LogP) is 4.13. The average Bonchev–Trinajstić information content (AvgIpc) is 3.31. The number of aromatic amines is 1. The highest BCUT2D eigenvalue weighted by molar-refractivity contribution is 5.97. The third-order valence-corrected chi connectivity index (χ3v) is 4.77. The zero-order valence-corrected chi connectivity index (χ0v) is 15.2. The number of aromatic nitrogens is 2. The minimum atomic E-state index is -0.774. The van der Waals surface area contributed by atoms with Crippen molar-refractivity contribution in [3.63, 3.8) is 0 Å². The smallest absolute Gasteiger partial charge is 0.194 e. The van der Waals surface area contributed by atoms with Crippen molar-refractivity contribution in [3.8, 4) is 0 Å². The van der Waals surface area contributed by atoms with E-state index in [0.717, 1.165) is 16.7 Å². The number of nitrogens with zero attached hydrogens (tertiary/aromatic N) is 2. The lowest BCUT2D eigenvalue weighted by Gasteiger charge is -2.37. The van der Waals surface area contributed by atoms with Crippen LogP contribution in [0.2, 0.25) is 0 Å². The number of imidazole rings is 1. The highest BCUT2D eigenvalue weighted by atomic mass is 16.4. The lowest BCUT2D eigenvalue weighted by atomic mass is 9.77. The Balaban J connectivity index is 1.98. The van der Waals surface area contributed by atoms with Crippen LogP contribution in [-0.2, 0) is 5.54 Å². The topological polar surface area (TPSA) is 73.3 Å². The molecular formula is C23H20N4O. The zero-order valence-electron chi connectivity index (χ0n) is 15.2. The zero-order chi connectivity index (χ0) is 19.2. The number of amidine groups is 1. The van der Waals surface area contributed by atoms with Gasteiger partial charge in [-0.1, -0.05) is 96.2 Å². The maximum absolute atomic E-state index is 9.77. The number of oxime groups is 1. The first-order chi connectivity index (χ1) is 13.8. The molecule has 5 nitrogen and oxygen atoms in total. The Morgan fingerprint density at radius 2 is 1.25 bits per heavy atom. The number of benzene rings is 3. The molecule has 0 aliphatic heterocycles. The van der Waals surface area contributed by atoms with Crippen molar-refractivity contribution in [2.75, 3.05) is 0 Å². The van der Waals surface area contributed by atoms with Crippen molar-refractivity contribution in [1.82, 2.24) is 15.3 Å². The van der Waals surface area contributed by atoms with E-state index in [0.29, 0.717) is 5.69 Å². The molecule has 1 heterocycles. The standard InChI is InChI=1S/C23H20N4O/c28-27-22(21-16-24-17-25-21)26-23(18-10-4-1-5-11-18,19-12-6-2-7-13-19)20-14-8-3-9-15-20/h1-17,28H,(H,24,25)(H,26,27). The van der Waals surface area contributed by atoms with E-state index in [1.165, 1.54) is 0 Å². The summed E-state index contributed by atoms with van der Waals surface area (Å²) in [6.45, 7) is 0. The van der Waals surface area contributed by atoms with E-state index in [1.807, 2.05) is 54.6 Å². The first-order valence-corrected chi connectivity index (χ1v) is 9.00. The number of hydrogen-bond acceptors (Lipinski definition) is 3. The van der Waals surface area contributed by atoms with Crippen molar-refractivity contribution in [2.24, 2.45) is 5.16 Å². The van der Waals surface area contributed by atoms with E-state index in [1.54, 1.807) is 12.5 Å². The average molecular weight is 368 g/mol. The van der Waals surface area contributed by atoms with Gasteiger partial charge in [0, 0.05) is 6.20 Å². The lowest BCUT2D eigenvalue weighted by molar-refractivity contribution is 0.314. The molecule has 0 aliphatic carbocycles. The van der Waals surface area contributed by atoms with Crippen molar-refractivity contribution < 1.29 is 5.21 Å². The van der Waals surface area contributed by atoms with Crippen LogP contribution in [0, 0.1) is 0 Å². The summed E-state index contributed by atoms with van der Waals surface area (Å²) in [4.78, 5) is 7.15. The fourth-order valence-corrected chi connectivity index (χ4v) is 3.49. The third-order valence-electron chi connectivity index (χ3n) is 4.77. The van der Waals surface area contributed by atoms with Crippen molar-refractivity contribution >= 4 is 5.84 Å². The number of hydrogen-bond donors (Lipinski definition) is 3. The molecule has 3 aromatic carbocycles.